The molecule has 1 atom stereocenters. The lowest BCUT2D eigenvalue weighted by Gasteiger charge is -2.16. The number of hydrogen-bond acceptors (Lipinski definition) is 3. The van der Waals surface area contributed by atoms with Gasteiger partial charge in [-0.15, -0.1) is 0 Å². The first-order valence-corrected chi connectivity index (χ1v) is 6.95. The van der Waals surface area contributed by atoms with Gasteiger partial charge in [0.25, 0.3) is 0 Å². The van der Waals surface area contributed by atoms with Crippen LogP contribution < -0.4 is 10.6 Å². The second-order valence-corrected chi connectivity index (χ2v) is 5.48. The van der Waals surface area contributed by atoms with Crippen LogP contribution in [0.2, 0.25) is 0 Å². The van der Waals surface area contributed by atoms with Crippen molar-refractivity contribution >= 4 is 11.8 Å². The standard InChI is InChI=1S/C14H20N4O/c1-10-3-2-7-15-13(10)17-14(19)16-11-6-8-18(9-11)12-4-5-12/h2-3,7,11-12H,4-6,8-9H2,1H3,(H2,15,16,17,19)/t11-/m1/s1. The molecule has 102 valence electrons. The van der Waals surface area contributed by atoms with Crippen molar-refractivity contribution < 1.29 is 4.79 Å². The van der Waals surface area contributed by atoms with Gasteiger partial charge in [0.2, 0.25) is 0 Å². The molecule has 2 fully saturated rings. The molecule has 5 heteroatoms. The molecule has 2 amide bonds. The Morgan fingerprint density at radius 2 is 2.26 bits per heavy atom. The van der Waals surface area contributed by atoms with Crippen molar-refractivity contribution in [2.45, 2.75) is 38.3 Å². The second-order valence-electron chi connectivity index (χ2n) is 5.48. The van der Waals surface area contributed by atoms with E-state index in [1.807, 2.05) is 19.1 Å². The van der Waals surface area contributed by atoms with Crippen LogP contribution in [0.5, 0.6) is 0 Å². The van der Waals surface area contributed by atoms with Crippen LogP contribution >= 0.6 is 0 Å². The minimum Gasteiger partial charge on any atom is -0.334 e. The van der Waals surface area contributed by atoms with Crippen LogP contribution in [0.15, 0.2) is 18.3 Å². The van der Waals surface area contributed by atoms with E-state index in [0.717, 1.165) is 31.1 Å². The zero-order valence-electron chi connectivity index (χ0n) is 11.2. The molecule has 1 aromatic rings. The minimum absolute atomic E-state index is 0.149. The summed E-state index contributed by atoms with van der Waals surface area (Å²) in [6, 6.07) is 4.71. The minimum atomic E-state index is -0.149. The molecule has 2 heterocycles. The predicted octanol–water partition coefficient (Wildman–Crippen LogP) is 1.75. The van der Waals surface area contributed by atoms with E-state index in [1.165, 1.54) is 12.8 Å². The molecule has 0 radical (unpaired) electrons. The Morgan fingerprint density at radius 1 is 1.42 bits per heavy atom. The van der Waals surface area contributed by atoms with Crippen molar-refractivity contribution in [2.24, 2.45) is 0 Å². The Labute approximate surface area is 113 Å². The van der Waals surface area contributed by atoms with Crippen LogP contribution in [-0.4, -0.2) is 41.1 Å². The predicted molar refractivity (Wildman–Crippen MR) is 74.1 cm³/mol. The molecule has 0 unspecified atom stereocenters. The molecular weight excluding hydrogens is 240 g/mol. The van der Waals surface area contributed by atoms with E-state index in [9.17, 15) is 4.79 Å². The van der Waals surface area contributed by atoms with E-state index in [2.05, 4.69) is 20.5 Å². The highest BCUT2D eigenvalue weighted by Gasteiger charge is 2.34. The van der Waals surface area contributed by atoms with Crippen molar-refractivity contribution in [2.75, 3.05) is 18.4 Å². The van der Waals surface area contributed by atoms with Crippen molar-refractivity contribution in [1.29, 1.82) is 0 Å². The van der Waals surface area contributed by atoms with Gasteiger partial charge in [-0.3, -0.25) is 10.2 Å². The maximum absolute atomic E-state index is 11.9. The number of nitrogens with zero attached hydrogens (tertiary/aromatic N) is 2. The van der Waals surface area contributed by atoms with Gasteiger partial charge in [-0.05, 0) is 37.8 Å². The Hall–Kier alpha value is -1.62. The molecule has 3 rings (SSSR count). The zero-order valence-corrected chi connectivity index (χ0v) is 11.2. The van der Waals surface area contributed by atoms with Gasteiger partial charge in [0.1, 0.15) is 5.82 Å². The number of aromatic nitrogens is 1. The molecule has 1 aliphatic carbocycles. The number of carbonyl (C=O) groups excluding carboxylic acids is 1. The van der Waals surface area contributed by atoms with Crippen LogP contribution in [-0.2, 0) is 0 Å². The van der Waals surface area contributed by atoms with Gasteiger partial charge in [0.05, 0.1) is 0 Å². The van der Waals surface area contributed by atoms with Gasteiger partial charge in [-0.2, -0.15) is 0 Å². The van der Waals surface area contributed by atoms with E-state index >= 15 is 0 Å². The highest BCUT2D eigenvalue weighted by molar-refractivity contribution is 5.89. The first-order chi connectivity index (χ1) is 9.22. The summed E-state index contributed by atoms with van der Waals surface area (Å²) in [5.41, 5.74) is 0.976. The SMILES string of the molecule is Cc1cccnc1NC(=O)N[C@@H]1CCN(C2CC2)C1. The number of amides is 2. The second kappa shape index (κ2) is 5.17. The quantitative estimate of drug-likeness (QED) is 0.870. The third-order valence-corrected chi connectivity index (χ3v) is 3.86. The fraction of sp³-hybridized carbons (Fsp3) is 0.571. The van der Waals surface area contributed by atoms with Crippen LogP contribution in [0, 0.1) is 6.92 Å². The number of urea groups is 1. The summed E-state index contributed by atoms with van der Waals surface area (Å²) in [6.45, 7) is 4.03. The van der Waals surface area contributed by atoms with E-state index < -0.39 is 0 Å². The Balaban J connectivity index is 1.50. The average molecular weight is 260 g/mol. The van der Waals surface area contributed by atoms with Crippen molar-refractivity contribution in [3.63, 3.8) is 0 Å². The van der Waals surface area contributed by atoms with Gasteiger partial charge < -0.3 is 5.32 Å². The maximum Gasteiger partial charge on any atom is 0.320 e. The fourth-order valence-electron chi connectivity index (χ4n) is 2.62. The van der Waals surface area contributed by atoms with Gasteiger partial charge in [-0.25, -0.2) is 9.78 Å². The van der Waals surface area contributed by atoms with E-state index in [4.69, 9.17) is 0 Å². The number of aryl methyl sites for hydroxylation is 1. The molecule has 19 heavy (non-hydrogen) atoms. The summed E-state index contributed by atoms with van der Waals surface area (Å²) >= 11 is 0. The molecule has 0 aromatic carbocycles. The van der Waals surface area contributed by atoms with Crippen LogP contribution in [0.3, 0.4) is 0 Å². The Morgan fingerprint density at radius 3 is 3.00 bits per heavy atom. The van der Waals surface area contributed by atoms with Crippen LogP contribution in [0.1, 0.15) is 24.8 Å². The average Bonchev–Trinajstić information content (AvgIpc) is 3.14. The van der Waals surface area contributed by atoms with Gasteiger partial charge in [-0.1, -0.05) is 6.07 Å². The lowest BCUT2D eigenvalue weighted by atomic mass is 10.2. The van der Waals surface area contributed by atoms with E-state index in [-0.39, 0.29) is 12.1 Å². The summed E-state index contributed by atoms with van der Waals surface area (Å²) in [4.78, 5) is 18.6. The topological polar surface area (TPSA) is 57.3 Å². The maximum atomic E-state index is 11.9. The molecule has 1 saturated carbocycles. The fourth-order valence-corrected chi connectivity index (χ4v) is 2.62. The van der Waals surface area contributed by atoms with Crippen molar-refractivity contribution in [1.82, 2.24) is 15.2 Å². The molecule has 1 aliphatic heterocycles. The van der Waals surface area contributed by atoms with Crippen molar-refractivity contribution in [3.05, 3.63) is 23.9 Å². The van der Waals surface area contributed by atoms with Gasteiger partial charge in [0, 0.05) is 31.4 Å². The number of pyridine rings is 1. The van der Waals surface area contributed by atoms with E-state index in [0.29, 0.717) is 5.82 Å². The first kappa shape index (κ1) is 12.4. The highest BCUT2D eigenvalue weighted by Crippen LogP contribution is 2.29. The van der Waals surface area contributed by atoms with E-state index in [1.54, 1.807) is 6.20 Å². The largest absolute Gasteiger partial charge is 0.334 e. The molecule has 0 spiro atoms. The first-order valence-electron chi connectivity index (χ1n) is 6.95. The summed E-state index contributed by atoms with van der Waals surface area (Å²) in [5.74, 6) is 0.636. The third kappa shape index (κ3) is 3.04. The van der Waals surface area contributed by atoms with Crippen LogP contribution in [0.4, 0.5) is 10.6 Å². The molecular formula is C14H20N4O. The summed E-state index contributed by atoms with van der Waals surface area (Å²) in [7, 11) is 0. The number of hydrogen-bond donors (Lipinski definition) is 2. The Kier molecular flexibility index (Phi) is 3.38. The number of likely N-dealkylation sites (tertiary alicyclic amines) is 1. The summed E-state index contributed by atoms with van der Waals surface area (Å²) < 4.78 is 0. The molecule has 2 aliphatic rings. The Bertz CT molecular complexity index is 472. The molecule has 5 nitrogen and oxygen atoms in total. The monoisotopic (exact) mass is 260 g/mol. The molecule has 0 bridgehead atoms. The van der Waals surface area contributed by atoms with Gasteiger partial charge >= 0.3 is 6.03 Å². The number of nitrogens with one attached hydrogen (secondary N) is 2. The van der Waals surface area contributed by atoms with Gasteiger partial charge in [0.15, 0.2) is 0 Å². The van der Waals surface area contributed by atoms with Crippen molar-refractivity contribution in [3.8, 4) is 0 Å². The summed E-state index contributed by atoms with van der Waals surface area (Å²) in [5, 5.41) is 5.85. The number of carbonyl (C=O) groups is 1. The smallest absolute Gasteiger partial charge is 0.320 e. The molecule has 2 N–H and O–H groups in total. The normalized spacial score (nSPS) is 23.3. The zero-order chi connectivity index (χ0) is 13.2. The molecule has 1 aromatic heterocycles. The number of rotatable bonds is 3. The highest BCUT2D eigenvalue weighted by atomic mass is 16.2. The lowest BCUT2D eigenvalue weighted by molar-refractivity contribution is 0.247. The molecule has 1 saturated heterocycles. The lowest BCUT2D eigenvalue weighted by Crippen LogP contribution is -2.40. The summed E-state index contributed by atoms with van der Waals surface area (Å²) in [6.07, 6.45) is 5.39. The number of anilines is 1. The third-order valence-electron chi connectivity index (χ3n) is 3.86. The van der Waals surface area contributed by atoms with Crippen LogP contribution in [0.25, 0.3) is 0 Å².